The molecule has 0 bridgehead atoms. The second-order valence-electron chi connectivity index (χ2n) is 2.35. The molecule has 2 aromatic heterocycles. The van der Waals surface area contributed by atoms with E-state index in [0.29, 0.717) is 11.3 Å². The summed E-state index contributed by atoms with van der Waals surface area (Å²) in [6.45, 7) is 0. The smallest absolute Gasteiger partial charge is 0.155 e. The molecule has 2 heterocycles. The van der Waals surface area contributed by atoms with E-state index in [4.69, 9.17) is 0 Å². The first-order chi connectivity index (χ1) is 5.90. The first-order valence-corrected chi connectivity index (χ1v) is 3.50. The van der Waals surface area contributed by atoms with Gasteiger partial charge in [0.25, 0.3) is 0 Å². The molecule has 0 saturated heterocycles. The number of fused-ring (bicyclic) bond motifs is 1. The van der Waals surface area contributed by atoms with Crippen molar-refractivity contribution >= 4 is 17.3 Å². The fourth-order valence-electron chi connectivity index (χ4n) is 1.01. The van der Waals surface area contributed by atoms with Gasteiger partial charge in [-0.3, -0.25) is 4.98 Å². The van der Waals surface area contributed by atoms with Crippen molar-refractivity contribution in [3.05, 3.63) is 36.2 Å². The second kappa shape index (κ2) is 4.54. The normalized spacial score (nSPS) is 9.23. The van der Waals surface area contributed by atoms with Gasteiger partial charge in [-0.05, 0) is 6.07 Å². The van der Waals surface area contributed by atoms with Crippen LogP contribution in [-0.2, 0) is 37.5 Å². The molecular formula is C9H5N2OY-. The molecule has 61 valence electrons. The summed E-state index contributed by atoms with van der Waals surface area (Å²) >= 11 is 0. The van der Waals surface area contributed by atoms with Gasteiger partial charge in [0.2, 0.25) is 0 Å². The molecule has 0 unspecified atom stereocenters. The molecule has 0 fully saturated rings. The van der Waals surface area contributed by atoms with Gasteiger partial charge in [0.05, 0.1) is 0 Å². The Balaban J connectivity index is 0.000000845. The molecule has 0 spiro atoms. The molecule has 4 heteroatoms. The van der Waals surface area contributed by atoms with E-state index >= 15 is 0 Å². The standard InChI is InChI=1S/C9H5N2O.Y/c12-6-8-4-3-7-2-1-5-10-9(7)11-8;/h1-5H;/q-1;. The van der Waals surface area contributed by atoms with Gasteiger partial charge in [-0.2, -0.15) is 6.07 Å². The van der Waals surface area contributed by atoms with Crippen LogP contribution in [0.1, 0.15) is 5.69 Å². The maximum atomic E-state index is 10.2. The van der Waals surface area contributed by atoms with Crippen molar-refractivity contribution in [3.63, 3.8) is 0 Å². The first-order valence-electron chi connectivity index (χ1n) is 3.50. The van der Waals surface area contributed by atoms with E-state index in [0.717, 1.165) is 5.39 Å². The van der Waals surface area contributed by atoms with Crippen molar-refractivity contribution in [2.24, 2.45) is 0 Å². The maximum Gasteiger partial charge on any atom is 0.155 e. The Morgan fingerprint density at radius 3 is 2.85 bits per heavy atom. The predicted octanol–water partition coefficient (Wildman–Crippen LogP) is 1.09. The Kier molecular flexibility index (Phi) is 3.63. The average molecular weight is 246 g/mol. The van der Waals surface area contributed by atoms with Crippen LogP contribution in [0.2, 0.25) is 0 Å². The SMILES string of the molecule is O=[C-]c1ccc2cccnc2n1.[Y]. The van der Waals surface area contributed by atoms with Gasteiger partial charge in [0, 0.05) is 50.6 Å². The van der Waals surface area contributed by atoms with Gasteiger partial charge in [0.15, 0.2) is 5.65 Å². The summed E-state index contributed by atoms with van der Waals surface area (Å²) in [5, 5.41) is 0.927. The van der Waals surface area contributed by atoms with Crippen molar-refractivity contribution in [1.82, 2.24) is 9.97 Å². The van der Waals surface area contributed by atoms with Gasteiger partial charge in [-0.25, -0.2) is 4.98 Å². The Bertz CT molecular complexity index is 431. The zero-order valence-corrected chi connectivity index (χ0v) is 9.61. The van der Waals surface area contributed by atoms with E-state index in [-0.39, 0.29) is 32.7 Å². The molecule has 0 amide bonds. The van der Waals surface area contributed by atoms with E-state index in [2.05, 4.69) is 9.97 Å². The third-order valence-electron chi connectivity index (χ3n) is 1.57. The summed E-state index contributed by atoms with van der Waals surface area (Å²) in [5.74, 6) is 0. The van der Waals surface area contributed by atoms with E-state index in [1.54, 1.807) is 24.6 Å². The minimum Gasteiger partial charge on any atom is -0.417 e. The molecule has 1 radical (unpaired) electrons. The largest absolute Gasteiger partial charge is 0.417 e. The Morgan fingerprint density at radius 2 is 2.08 bits per heavy atom. The number of rotatable bonds is 1. The van der Waals surface area contributed by atoms with Crippen LogP contribution in [0, 0.1) is 0 Å². The molecule has 2 aromatic rings. The van der Waals surface area contributed by atoms with Crippen LogP contribution in [0.4, 0.5) is 0 Å². The molecule has 3 nitrogen and oxygen atoms in total. The number of aromatic nitrogens is 2. The van der Waals surface area contributed by atoms with Gasteiger partial charge < -0.3 is 4.79 Å². The van der Waals surface area contributed by atoms with Crippen molar-refractivity contribution in [2.75, 3.05) is 0 Å². The molecule has 0 saturated carbocycles. The topological polar surface area (TPSA) is 42.9 Å². The van der Waals surface area contributed by atoms with Crippen LogP contribution in [0.25, 0.3) is 11.0 Å². The van der Waals surface area contributed by atoms with Crippen molar-refractivity contribution in [2.45, 2.75) is 0 Å². The monoisotopic (exact) mass is 246 g/mol. The molecule has 0 N–H and O–H groups in total. The fraction of sp³-hybridized carbons (Fsp3) is 0. The third kappa shape index (κ3) is 2.17. The molecule has 0 aliphatic heterocycles. The summed E-state index contributed by atoms with van der Waals surface area (Å²) in [5.41, 5.74) is 0.875. The summed E-state index contributed by atoms with van der Waals surface area (Å²) < 4.78 is 0. The van der Waals surface area contributed by atoms with Crippen LogP contribution in [0.15, 0.2) is 30.5 Å². The Hall–Kier alpha value is -0.666. The minimum absolute atomic E-state index is 0. The quantitative estimate of drug-likeness (QED) is 0.707. The van der Waals surface area contributed by atoms with Crippen molar-refractivity contribution < 1.29 is 37.5 Å². The van der Waals surface area contributed by atoms with Crippen LogP contribution >= 0.6 is 0 Å². The molecular weight excluding hydrogens is 241 g/mol. The number of hydrogen-bond donors (Lipinski definition) is 0. The molecule has 0 aliphatic carbocycles. The van der Waals surface area contributed by atoms with Gasteiger partial charge in [0.1, 0.15) is 0 Å². The molecule has 2 rings (SSSR count). The van der Waals surface area contributed by atoms with Crippen molar-refractivity contribution in [3.8, 4) is 0 Å². The van der Waals surface area contributed by atoms with Crippen LogP contribution in [0.3, 0.4) is 0 Å². The van der Waals surface area contributed by atoms with Crippen LogP contribution in [-0.4, -0.2) is 16.3 Å². The average Bonchev–Trinajstić information content (AvgIpc) is 2.17. The molecule has 0 aliphatic rings. The van der Waals surface area contributed by atoms with E-state index < -0.39 is 0 Å². The number of nitrogens with zero attached hydrogens (tertiary/aromatic N) is 2. The molecule has 0 atom stereocenters. The summed E-state index contributed by atoms with van der Waals surface area (Å²) in [6.07, 6.45) is 3.36. The number of hydrogen-bond acceptors (Lipinski definition) is 3. The predicted molar refractivity (Wildman–Crippen MR) is 44.3 cm³/mol. The first kappa shape index (κ1) is 10.4. The summed E-state index contributed by atoms with van der Waals surface area (Å²) in [7, 11) is 0. The van der Waals surface area contributed by atoms with Crippen molar-refractivity contribution in [1.29, 1.82) is 0 Å². The van der Waals surface area contributed by atoms with Gasteiger partial charge >= 0.3 is 0 Å². The van der Waals surface area contributed by atoms with Crippen LogP contribution < -0.4 is 0 Å². The fourth-order valence-corrected chi connectivity index (χ4v) is 1.01. The van der Waals surface area contributed by atoms with E-state index in [1.807, 2.05) is 12.1 Å². The summed E-state index contributed by atoms with van der Waals surface area (Å²) in [4.78, 5) is 18.2. The van der Waals surface area contributed by atoms with Gasteiger partial charge in [-0.15, -0.1) is 6.07 Å². The van der Waals surface area contributed by atoms with E-state index in [9.17, 15) is 4.79 Å². The molecule has 0 aromatic carbocycles. The maximum absolute atomic E-state index is 10.2. The van der Waals surface area contributed by atoms with Gasteiger partial charge in [-0.1, -0.05) is 11.8 Å². The number of pyridine rings is 2. The Labute approximate surface area is 100 Å². The zero-order chi connectivity index (χ0) is 8.39. The molecule has 13 heavy (non-hydrogen) atoms. The zero-order valence-electron chi connectivity index (χ0n) is 6.77. The third-order valence-corrected chi connectivity index (χ3v) is 1.57. The van der Waals surface area contributed by atoms with Crippen LogP contribution in [0.5, 0.6) is 0 Å². The minimum atomic E-state index is 0. The second-order valence-corrected chi connectivity index (χ2v) is 2.35. The van der Waals surface area contributed by atoms with E-state index in [1.165, 1.54) is 0 Å². The summed E-state index contributed by atoms with van der Waals surface area (Å²) in [6, 6.07) is 7.14. The Morgan fingerprint density at radius 1 is 1.23 bits per heavy atom. The number of carbonyl (C=O) groups excluding carboxylic acids is 1.